The Morgan fingerprint density at radius 2 is 2.08 bits per heavy atom. The van der Waals surface area contributed by atoms with Gasteiger partial charge < -0.3 is 9.58 Å². The molecule has 0 aliphatic heterocycles. The van der Waals surface area contributed by atoms with E-state index in [1.165, 1.54) is 0 Å². The van der Waals surface area contributed by atoms with Crippen molar-refractivity contribution < 1.29 is 4.74 Å². The van der Waals surface area contributed by atoms with E-state index in [1.54, 1.807) is 0 Å². The third kappa shape index (κ3) is 3.47. The number of hydrogen-bond acceptors (Lipinski definition) is 1. The summed E-state index contributed by atoms with van der Waals surface area (Å²) in [6, 6.07) is 7.50. The molecule has 2 nitrogen and oxygen atoms in total. The van der Waals surface area contributed by atoms with Crippen molar-refractivity contribution >= 4 is 15.9 Å². The van der Waals surface area contributed by atoms with Gasteiger partial charge in [-0.1, -0.05) is 15.9 Å². The van der Waals surface area contributed by atoms with Crippen LogP contribution in [0.5, 0.6) is 5.75 Å². The van der Waals surface area contributed by atoms with Crippen LogP contribution in [0.3, 0.4) is 0 Å². The predicted octanol–water partition coefficient (Wildman–Crippen LogP) is 3.14. The normalized spacial score (nSPS) is 11.8. The van der Waals surface area contributed by atoms with Gasteiger partial charge in [0.2, 0.25) is 0 Å². The number of nitrogens with zero attached hydrogens (tertiary/aromatic N) is 1. The average molecular weight is 240 g/mol. The summed E-state index contributed by atoms with van der Waals surface area (Å²) in [5, 5.41) is 0. The van der Waals surface area contributed by atoms with Crippen LogP contribution < -0.4 is 4.74 Å². The summed E-state index contributed by atoms with van der Waals surface area (Å²) < 4.78 is 6.41. The number of hydrogen-bond donors (Lipinski definition) is 0. The van der Waals surface area contributed by atoms with E-state index in [9.17, 15) is 0 Å². The van der Waals surface area contributed by atoms with Gasteiger partial charge in [-0.05, 0) is 24.3 Å². The van der Waals surface area contributed by atoms with E-state index < -0.39 is 0 Å². The van der Waals surface area contributed by atoms with Gasteiger partial charge >= 0.3 is 0 Å². The Morgan fingerprint density at radius 1 is 1.46 bits per heavy atom. The van der Waals surface area contributed by atoms with Gasteiger partial charge in [0.25, 0.3) is 6.04 Å². The van der Waals surface area contributed by atoms with Gasteiger partial charge in [0.15, 0.2) is 6.61 Å². The minimum Gasteiger partial charge on any atom is -0.485 e. The lowest BCUT2D eigenvalue weighted by atomic mass is 10.3. The quantitative estimate of drug-likeness (QED) is 0.740. The third-order valence-corrected chi connectivity index (χ3v) is 2.05. The SMILES string of the molecule is [C-]#[N+]C(C)COc1ccc(Br)cc1. The Morgan fingerprint density at radius 3 is 2.62 bits per heavy atom. The summed E-state index contributed by atoms with van der Waals surface area (Å²) in [4.78, 5) is 3.34. The second-order valence-electron chi connectivity index (χ2n) is 2.74. The molecule has 0 saturated carbocycles. The molecule has 0 aliphatic rings. The van der Waals surface area contributed by atoms with E-state index in [2.05, 4.69) is 20.8 Å². The van der Waals surface area contributed by atoms with Crippen molar-refractivity contribution in [3.63, 3.8) is 0 Å². The van der Waals surface area contributed by atoms with Crippen molar-refractivity contribution in [2.24, 2.45) is 0 Å². The first-order valence-electron chi connectivity index (χ1n) is 3.97. The lowest BCUT2D eigenvalue weighted by Gasteiger charge is -2.04. The molecule has 1 atom stereocenters. The van der Waals surface area contributed by atoms with Crippen molar-refractivity contribution in [2.75, 3.05) is 6.61 Å². The van der Waals surface area contributed by atoms with E-state index in [4.69, 9.17) is 11.3 Å². The molecule has 1 unspecified atom stereocenters. The minimum absolute atomic E-state index is 0.0800. The maximum absolute atomic E-state index is 6.75. The monoisotopic (exact) mass is 239 g/mol. The van der Waals surface area contributed by atoms with Crippen LogP contribution in [0.1, 0.15) is 6.92 Å². The summed E-state index contributed by atoms with van der Waals surface area (Å²) in [6.07, 6.45) is 0. The first-order valence-corrected chi connectivity index (χ1v) is 4.76. The highest BCUT2D eigenvalue weighted by Gasteiger charge is 2.04. The fourth-order valence-electron chi connectivity index (χ4n) is 0.785. The molecule has 3 heteroatoms. The van der Waals surface area contributed by atoms with Gasteiger partial charge in [-0.15, -0.1) is 0 Å². The standard InChI is InChI=1S/C10H10BrNO/c1-8(12-2)7-13-10-5-3-9(11)4-6-10/h3-6,8H,7H2,1H3. The van der Waals surface area contributed by atoms with Crippen molar-refractivity contribution in [1.82, 2.24) is 0 Å². The topological polar surface area (TPSA) is 13.6 Å². The molecule has 1 rings (SSSR count). The molecule has 0 spiro atoms. The van der Waals surface area contributed by atoms with Gasteiger partial charge in [0.05, 0.1) is 0 Å². The molecule has 0 saturated heterocycles. The van der Waals surface area contributed by atoms with Crippen LogP contribution in [-0.2, 0) is 0 Å². The molecule has 0 N–H and O–H groups in total. The van der Waals surface area contributed by atoms with Crippen molar-refractivity contribution in [2.45, 2.75) is 13.0 Å². The van der Waals surface area contributed by atoms with Crippen molar-refractivity contribution in [3.8, 4) is 5.75 Å². The second kappa shape index (κ2) is 4.88. The Balaban J connectivity index is 2.47. The van der Waals surface area contributed by atoms with Gasteiger partial charge in [-0.25, -0.2) is 6.57 Å². The minimum atomic E-state index is -0.0800. The first-order chi connectivity index (χ1) is 6.22. The number of ether oxygens (including phenoxy) is 1. The summed E-state index contributed by atoms with van der Waals surface area (Å²) in [5.74, 6) is 0.804. The van der Waals surface area contributed by atoms with Gasteiger partial charge in [-0.3, -0.25) is 0 Å². The van der Waals surface area contributed by atoms with Crippen LogP contribution in [0.15, 0.2) is 28.7 Å². The molecule has 0 aromatic heterocycles. The second-order valence-corrected chi connectivity index (χ2v) is 3.66. The fraction of sp³-hybridized carbons (Fsp3) is 0.300. The third-order valence-electron chi connectivity index (χ3n) is 1.53. The zero-order valence-electron chi connectivity index (χ0n) is 7.33. The van der Waals surface area contributed by atoms with Crippen LogP contribution >= 0.6 is 15.9 Å². The smallest absolute Gasteiger partial charge is 0.254 e. The Labute approximate surface area is 86.5 Å². The maximum Gasteiger partial charge on any atom is 0.254 e. The molecule has 0 aliphatic carbocycles. The van der Waals surface area contributed by atoms with Crippen LogP contribution in [0.2, 0.25) is 0 Å². The van der Waals surface area contributed by atoms with Crippen LogP contribution in [-0.4, -0.2) is 12.6 Å². The van der Waals surface area contributed by atoms with Gasteiger partial charge in [0, 0.05) is 11.4 Å². The van der Waals surface area contributed by atoms with E-state index in [0.29, 0.717) is 6.61 Å². The van der Waals surface area contributed by atoms with Crippen LogP contribution in [0.25, 0.3) is 4.85 Å². The summed E-state index contributed by atoms with van der Waals surface area (Å²) in [6.45, 7) is 9.03. The molecule has 1 aromatic carbocycles. The molecule has 0 bridgehead atoms. The molecule has 68 valence electrons. The van der Waals surface area contributed by atoms with Crippen molar-refractivity contribution in [3.05, 3.63) is 40.2 Å². The van der Waals surface area contributed by atoms with Gasteiger partial charge in [0.1, 0.15) is 5.75 Å². The van der Waals surface area contributed by atoms with E-state index in [1.807, 2.05) is 31.2 Å². The summed E-state index contributed by atoms with van der Waals surface area (Å²) >= 11 is 3.34. The Bertz CT molecular complexity index is 302. The predicted molar refractivity (Wildman–Crippen MR) is 55.7 cm³/mol. The lowest BCUT2D eigenvalue weighted by Crippen LogP contribution is -2.09. The summed E-state index contributed by atoms with van der Waals surface area (Å²) in [5.41, 5.74) is 0. The molecule has 0 fully saturated rings. The largest absolute Gasteiger partial charge is 0.485 e. The highest BCUT2D eigenvalue weighted by Crippen LogP contribution is 2.16. The van der Waals surface area contributed by atoms with E-state index in [-0.39, 0.29) is 6.04 Å². The molecule has 0 radical (unpaired) electrons. The van der Waals surface area contributed by atoms with Crippen molar-refractivity contribution in [1.29, 1.82) is 0 Å². The molecule has 0 amide bonds. The Hall–Kier alpha value is -1.01. The first kappa shape index (κ1) is 10.1. The fourth-order valence-corrected chi connectivity index (χ4v) is 1.05. The zero-order valence-corrected chi connectivity index (χ0v) is 8.91. The molecular formula is C10H10BrNO. The lowest BCUT2D eigenvalue weighted by molar-refractivity contribution is 0.310. The molecular weight excluding hydrogens is 230 g/mol. The molecule has 0 heterocycles. The maximum atomic E-state index is 6.75. The number of halogens is 1. The van der Waals surface area contributed by atoms with Crippen LogP contribution in [0, 0.1) is 6.57 Å². The number of benzene rings is 1. The van der Waals surface area contributed by atoms with Crippen LogP contribution in [0.4, 0.5) is 0 Å². The highest BCUT2D eigenvalue weighted by molar-refractivity contribution is 9.10. The summed E-state index contributed by atoms with van der Waals surface area (Å²) in [7, 11) is 0. The van der Waals surface area contributed by atoms with Gasteiger partial charge in [-0.2, -0.15) is 0 Å². The van der Waals surface area contributed by atoms with E-state index in [0.717, 1.165) is 10.2 Å². The molecule has 13 heavy (non-hydrogen) atoms. The average Bonchev–Trinajstić information content (AvgIpc) is 2.16. The number of rotatable bonds is 3. The Kier molecular flexibility index (Phi) is 3.78. The zero-order chi connectivity index (χ0) is 9.68. The highest BCUT2D eigenvalue weighted by atomic mass is 79.9. The molecule has 1 aromatic rings. The van der Waals surface area contributed by atoms with E-state index >= 15 is 0 Å².